The summed E-state index contributed by atoms with van der Waals surface area (Å²) in [5.74, 6) is -0.101. The number of phosphoric ester groups is 1. The fourth-order valence-electron chi connectivity index (χ4n) is 3.87. The summed E-state index contributed by atoms with van der Waals surface area (Å²) in [6.07, 6.45) is 4.76. The first-order valence-electron chi connectivity index (χ1n) is 9.18. The highest BCUT2D eigenvalue weighted by Crippen LogP contribution is 2.58. The van der Waals surface area contributed by atoms with Crippen LogP contribution in [-0.4, -0.2) is 14.9 Å². The van der Waals surface area contributed by atoms with Gasteiger partial charge < -0.3 is 19.3 Å². The number of phosphoric acid groups is 1. The summed E-state index contributed by atoms with van der Waals surface area (Å²) < 4.78 is 30.8. The van der Waals surface area contributed by atoms with Crippen LogP contribution in [0.25, 0.3) is 0 Å². The van der Waals surface area contributed by atoms with Gasteiger partial charge in [0, 0.05) is 23.0 Å². The molecule has 0 amide bonds. The van der Waals surface area contributed by atoms with Gasteiger partial charge >= 0.3 is 7.82 Å². The molecule has 2 aliphatic carbocycles. The van der Waals surface area contributed by atoms with Crippen LogP contribution in [0.1, 0.15) is 29.4 Å². The van der Waals surface area contributed by atoms with E-state index in [2.05, 4.69) is 0 Å². The normalized spacial score (nSPS) is 19.2. The van der Waals surface area contributed by atoms with Crippen molar-refractivity contribution < 1.29 is 28.5 Å². The van der Waals surface area contributed by atoms with Crippen LogP contribution in [0.5, 0.6) is 23.3 Å². The smallest absolute Gasteiger partial charge is 0.492 e. The highest BCUT2D eigenvalue weighted by molar-refractivity contribution is 7.49. The van der Waals surface area contributed by atoms with E-state index in [1.807, 2.05) is 12.2 Å². The molecule has 0 saturated carbocycles. The van der Waals surface area contributed by atoms with E-state index in [1.54, 1.807) is 60.7 Å². The maximum atomic E-state index is 13.5. The zero-order valence-electron chi connectivity index (χ0n) is 15.2. The number of hydrogen-bond acceptors (Lipinski definition) is 6. The topological polar surface area (TPSA) is 90.2 Å². The van der Waals surface area contributed by atoms with E-state index in [0.717, 1.165) is 11.2 Å². The molecule has 2 N–H and O–H groups in total. The Morgan fingerprint density at radius 2 is 1.24 bits per heavy atom. The van der Waals surface area contributed by atoms with Gasteiger partial charge in [-0.25, -0.2) is 0 Å². The van der Waals surface area contributed by atoms with E-state index >= 15 is 0 Å². The van der Waals surface area contributed by atoms with Crippen molar-refractivity contribution >= 4 is 7.82 Å². The number of nitrogens with zero attached hydrogens (tertiary/aromatic N) is 1. The Balaban J connectivity index is 1.52. The average Bonchev–Trinajstić information content (AvgIpc) is 3.40. The van der Waals surface area contributed by atoms with Crippen molar-refractivity contribution in [2.24, 2.45) is 0 Å². The van der Waals surface area contributed by atoms with Crippen LogP contribution in [0.4, 0.5) is 0 Å². The maximum Gasteiger partial charge on any atom is 0.666 e. The Kier molecular flexibility index (Phi) is 4.07. The molecule has 5 rings (SSSR count). The second-order valence-corrected chi connectivity index (χ2v) is 8.36. The van der Waals surface area contributed by atoms with Crippen LogP contribution in [0.15, 0.2) is 72.8 Å². The summed E-state index contributed by atoms with van der Waals surface area (Å²) in [5, 5.41) is 21.3. The van der Waals surface area contributed by atoms with Gasteiger partial charge in [-0.3, -0.25) is 4.62 Å². The van der Waals surface area contributed by atoms with Gasteiger partial charge in [0.25, 0.3) is 0 Å². The fourth-order valence-corrected chi connectivity index (χ4v) is 5.09. The Labute approximate surface area is 167 Å². The number of hydrogen-bond donors (Lipinski definition) is 2. The van der Waals surface area contributed by atoms with Crippen LogP contribution < -0.4 is 13.7 Å². The molecule has 7 nitrogen and oxygen atoms in total. The summed E-state index contributed by atoms with van der Waals surface area (Å²) in [6, 6.07) is 16.8. The molecule has 2 atom stereocenters. The summed E-state index contributed by atoms with van der Waals surface area (Å²) in [4.78, 5) is 0. The van der Waals surface area contributed by atoms with Crippen molar-refractivity contribution in [1.29, 1.82) is 0 Å². The maximum absolute atomic E-state index is 13.5. The van der Waals surface area contributed by atoms with Gasteiger partial charge in [-0.2, -0.15) is 4.57 Å². The number of aromatic hydroxyl groups is 2. The Hall–Kier alpha value is -3.31. The van der Waals surface area contributed by atoms with Crippen molar-refractivity contribution in [2.45, 2.75) is 18.3 Å². The summed E-state index contributed by atoms with van der Waals surface area (Å²) in [5.41, 5.74) is 1.17. The molecule has 148 valence electrons. The molecular formula is C21H18NO6P. The SMILES string of the molecule is O=P(Oc1ccccc1)(Oc1ccccc1)On1c(O)c2c(c1O)C1C=CC2C1. The van der Waals surface area contributed by atoms with E-state index in [0.29, 0.717) is 11.1 Å². The van der Waals surface area contributed by atoms with Crippen LogP contribution >= 0.6 is 7.82 Å². The minimum atomic E-state index is -4.33. The third-order valence-electron chi connectivity index (χ3n) is 5.08. The molecule has 0 radical (unpaired) electrons. The third kappa shape index (κ3) is 3.04. The quantitative estimate of drug-likeness (QED) is 0.450. The van der Waals surface area contributed by atoms with Crippen LogP contribution in [-0.2, 0) is 4.57 Å². The van der Waals surface area contributed by atoms with Gasteiger partial charge in [0.1, 0.15) is 11.5 Å². The second kappa shape index (κ2) is 6.64. The molecule has 0 fully saturated rings. The molecule has 2 aromatic carbocycles. The molecule has 3 aromatic rings. The highest BCUT2D eigenvalue weighted by Gasteiger charge is 2.44. The number of rotatable bonds is 6. The zero-order valence-corrected chi connectivity index (χ0v) is 16.1. The lowest BCUT2D eigenvalue weighted by Gasteiger charge is -2.20. The van der Waals surface area contributed by atoms with Crippen molar-refractivity contribution in [3.63, 3.8) is 0 Å². The molecular weight excluding hydrogens is 393 g/mol. The van der Waals surface area contributed by atoms with Gasteiger partial charge in [-0.1, -0.05) is 48.6 Å². The largest absolute Gasteiger partial charge is 0.666 e. The van der Waals surface area contributed by atoms with Crippen molar-refractivity contribution in [1.82, 2.24) is 4.73 Å². The minimum Gasteiger partial charge on any atom is -0.492 e. The van der Waals surface area contributed by atoms with Gasteiger partial charge in [-0.15, -0.1) is 4.73 Å². The van der Waals surface area contributed by atoms with Gasteiger partial charge in [-0.05, 0) is 30.7 Å². The first-order chi connectivity index (χ1) is 14.0. The molecule has 0 spiro atoms. The van der Waals surface area contributed by atoms with Gasteiger partial charge in [0.15, 0.2) is 0 Å². The number of benzene rings is 2. The number of aromatic nitrogens is 1. The predicted molar refractivity (Wildman–Crippen MR) is 105 cm³/mol. The molecule has 29 heavy (non-hydrogen) atoms. The van der Waals surface area contributed by atoms with E-state index in [1.165, 1.54) is 0 Å². The molecule has 2 bridgehead atoms. The number of para-hydroxylation sites is 2. The summed E-state index contributed by atoms with van der Waals surface area (Å²) in [6.45, 7) is 0. The molecule has 0 saturated heterocycles. The Bertz CT molecular complexity index is 1040. The monoisotopic (exact) mass is 411 g/mol. The molecule has 1 aromatic heterocycles. The summed E-state index contributed by atoms with van der Waals surface area (Å²) >= 11 is 0. The molecule has 2 aliphatic rings. The standard InChI is InChI=1S/C21H18NO6P/c23-20-18-14-11-12-15(13-14)19(18)21(24)22(20)28-29(25,26-16-7-3-1-4-8-16)27-17-9-5-2-6-10-17/h1-12,14-15,23-24H,13H2. The zero-order chi connectivity index (χ0) is 20.0. The first kappa shape index (κ1) is 17.8. The van der Waals surface area contributed by atoms with Crippen molar-refractivity contribution in [2.75, 3.05) is 0 Å². The lowest BCUT2D eigenvalue weighted by Crippen LogP contribution is -2.16. The molecule has 8 heteroatoms. The van der Waals surface area contributed by atoms with Crippen LogP contribution in [0.2, 0.25) is 0 Å². The van der Waals surface area contributed by atoms with E-state index in [-0.39, 0.29) is 35.1 Å². The highest BCUT2D eigenvalue weighted by atomic mass is 31.2. The minimum absolute atomic E-state index is 0.00443. The van der Waals surface area contributed by atoms with E-state index in [9.17, 15) is 14.8 Å². The van der Waals surface area contributed by atoms with Crippen molar-refractivity contribution in [3.05, 3.63) is 83.9 Å². The van der Waals surface area contributed by atoms with Crippen molar-refractivity contribution in [3.8, 4) is 23.3 Å². The lowest BCUT2D eigenvalue weighted by molar-refractivity contribution is 0.147. The summed E-state index contributed by atoms with van der Waals surface area (Å²) in [7, 11) is -4.33. The Morgan fingerprint density at radius 1 is 0.793 bits per heavy atom. The average molecular weight is 411 g/mol. The fraction of sp³-hybridized carbons (Fsp3) is 0.143. The molecule has 0 aliphatic heterocycles. The number of fused-ring (bicyclic) bond motifs is 5. The third-order valence-corrected chi connectivity index (χ3v) is 6.32. The first-order valence-corrected chi connectivity index (χ1v) is 10.6. The second-order valence-electron chi connectivity index (χ2n) is 6.94. The van der Waals surface area contributed by atoms with Gasteiger partial charge in [0.2, 0.25) is 11.8 Å². The van der Waals surface area contributed by atoms with E-state index in [4.69, 9.17) is 13.7 Å². The van der Waals surface area contributed by atoms with E-state index < -0.39 is 7.82 Å². The number of allylic oxidation sites excluding steroid dienone is 2. The predicted octanol–water partition coefficient (Wildman–Crippen LogP) is 4.73. The molecule has 1 heterocycles. The van der Waals surface area contributed by atoms with Crippen LogP contribution in [0, 0.1) is 0 Å². The molecule has 2 unspecified atom stereocenters. The van der Waals surface area contributed by atoms with Gasteiger partial charge in [0.05, 0.1) is 0 Å². The lowest BCUT2D eigenvalue weighted by atomic mass is 10.0. The van der Waals surface area contributed by atoms with Crippen LogP contribution in [0.3, 0.4) is 0 Å². The Morgan fingerprint density at radius 3 is 1.69 bits per heavy atom.